The van der Waals surface area contributed by atoms with E-state index in [-0.39, 0.29) is 82.4 Å². The Bertz CT molecular complexity index is 2510. The molecule has 3 aliphatic rings. The molecule has 0 radical (unpaired) electrons. The van der Waals surface area contributed by atoms with Crippen LogP contribution in [0.1, 0.15) is 116 Å². The summed E-state index contributed by atoms with van der Waals surface area (Å²) in [5.41, 5.74) is 18.3. The lowest BCUT2D eigenvalue weighted by molar-refractivity contribution is -0.149. The highest BCUT2D eigenvalue weighted by Gasteiger charge is 2.43. The van der Waals surface area contributed by atoms with E-state index in [1.807, 2.05) is 20.8 Å². The van der Waals surface area contributed by atoms with Crippen molar-refractivity contribution in [3.8, 4) is 0 Å². The lowest BCUT2D eigenvalue weighted by Gasteiger charge is -2.31. The van der Waals surface area contributed by atoms with Crippen molar-refractivity contribution in [1.29, 1.82) is 0 Å². The molecule has 5 rings (SSSR count). The molecule has 0 spiro atoms. The molecule has 0 aliphatic carbocycles. The number of nitrogens with zero attached hydrogens (tertiary/aromatic N) is 5. The normalized spacial score (nSPS) is 19.5. The van der Waals surface area contributed by atoms with Gasteiger partial charge in [-0.3, -0.25) is 48.1 Å². The van der Waals surface area contributed by atoms with E-state index in [1.54, 1.807) is 30.3 Å². The number of imidazole rings is 1. The number of likely N-dealkylation sites (tertiary alicyclic amines) is 3. The van der Waals surface area contributed by atoms with Gasteiger partial charge >= 0.3 is 5.97 Å². The number of aliphatic hydroxyl groups excluding tert-OH is 1. The van der Waals surface area contributed by atoms with Crippen LogP contribution in [-0.4, -0.2) is 193 Å². The number of carboxylic acid groups (broad SMARTS) is 1. The molecule has 446 valence electrons. The number of aliphatic carboxylic acids is 1. The summed E-state index contributed by atoms with van der Waals surface area (Å²) in [4.78, 5) is 153. The number of nitrogens with one attached hydrogen (secondary N) is 7. The molecule has 0 saturated carbocycles. The van der Waals surface area contributed by atoms with Crippen molar-refractivity contribution in [2.45, 2.75) is 178 Å². The molecule has 3 fully saturated rings. The van der Waals surface area contributed by atoms with Crippen LogP contribution in [0.3, 0.4) is 0 Å². The number of rotatable bonds is 30. The van der Waals surface area contributed by atoms with Gasteiger partial charge in [0.25, 0.3) is 0 Å². The van der Waals surface area contributed by atoms with Crippen LogP contribution in [0.4, 0.5) is 0 Å². The lowest BCUT2D eigenvalue weighted by Crippen LogP contribution is -2.61. The second-order valence-corrected chi connectivity index (χ2v) is 21.4. The van der Waals surface area contributed by atoms with Gasteiger partial charge < -0.3 is 79.0 Å². The molecule has 1 aromatic heterocycles. The van der Waals surface area contributed by atoms with Gasteiger partial charge in [-0.15, -0.1) is 0 Å². The van der Waals surface area contributed by atoms with Crippen LogP contribution in [0.2, 0.25) is 0 Å². The topological polar surface area (TPSA) is 412 Å². The Kier molecular flexibility index (Phi) is 24.8. The van der Waals surface area contributed by atoms with Crippen molar-refractivity contribution < 1.29 is 58.2 Å². The number of carbonyl (C=O) groups is 10. The van der Waals surface area contributed by atoms with Gasteiger partial charge in [-0.25, -0.2) is 9.78 Å². The zero-order chi connectivity index (χ0) is 59.3. The number of hydrogen-bond donors (Lipinski definition) is 12. The molecule has 3 saturated heterocycles. The van der Waals surface area contributed by atoms with Gasteiger partial charge in [0.15, 0.2) is 5.96 Å². The van der Waals surface area contributed by atoms with E-state index in [1.165, 1.54) is 34.1 Å². The number of carboxylic acids is 1. The maximum absolute atomic E-state index is 14.2. The van der Waals surface area contributed by atoms with Crippen LogP contribution in [0, 0.1) is 5.92 Å². The molecule has 27 heteroatoms. The van der Waals surface area contributed by atoms with Gasteiger partial charge in [-0.05, 0) is 82.6 Å². The summed E-state index contributed by atoms with van der Waals surface area (Å²) in [6.45, 7) is 6.77. The van der Waals surface area contributed by atoms with E-state index in [2.05, 4.69) is 46.9 Å². The van der Waals surface area contributed by atoms with E-state index < -0.39 is 120 Å². The number of aliphatic hydroxyl groups is 1. The fourth-order valence-electron chi connectivity index (χ4n) is 10.4. The number of aromatic nitrogens is 2. The predicted molar refractivity (Wildman–Crippen MR) is 295 cm³/mol. The summed E-state index contributed by atoms with van der Waals surface area (Å²) in [5, 5.41) is 36.3. The summed E-state index contributed by atoms with van der Waals surface area (Å²) in [6.07, 6.45) is 7.17. The lowest BCUT2D eigenvalue weighted by atomic mass is 10.0. The van der Waals surface area contributed by atoms with Crippen LogP contribution < -0.4 is 49.1 Å². The highest BCUT2D eigenvalue weighted by molar-refractivity contribution is 5.99. The molecule has 27 nitrogen and oxygen atoms in total. The second-order valence-electron chi connectivity index (χ2n) is 21.4. The zero-order valence-electron chi connectivity index (χ0n) is 46.8. The molecule has 0 unspecified atom stereocenters. The molecule has 81 heavy (non-hydrogen) atoms. The van der Waals surface area contributed by atoms with Crippen LogP contribution in [-0.2, 0) is 60.8 Å². The molecule has 4 heterocycles. The molecule has 15 N–H and O–H groups in total. The van der Waals surface area contributed by atoms with Gasteiger partial charge in [0, 0.05) is 50.9 Å². The van der Waals surface area contributed by atoms with Gasteiger partial charge in [-0.1, -0.05) is 63.9 Å². The van der Waals surface area contributed by atoms with E-state index in [0.717, 1.165) is 12.8 Å². The minimum atomic E-state index is -1.70. The molecule has 9 amide bonds. The van der Waals surface area contributed by atoms with Crippen molar-refractivity contribution in [3.05, 3.63) is 54.1 Å². The number of carbonyl (C=O) groups excluding carboxylic acids is 9. The second kappa shape index (κ2) is 31.4. The molecule has 10 atom stereocenters. The predicted octanol–water partition coefficient (Wildman–Crippen LogP) is -2.21. The highest BCUT2D eigenvalue weighted by Crippen LogP contribution is 2.24. The number of hydrogen-bond acceptors (Lipinski definition) is 14. The van der Waals surface area contributed by atoms with Crippen molar-refractivity contribution >= 4 is 65.1 Å². The molecule has 2 aromatic rings. The van der Waals surface area contributed by atoms with Gasteiger partial charge in [0.2, 0.25) is 53.2 Å². The first-order valence-electron chi connectivity index (χ1n) is 28.0. The number of amides is 9. The number of aromatic amines is 1. The molecular formula is C54H83N15O12. The van der Waals surface area contributed by atoms with Crippen LogP contribution in [0.25, 0.3) is 0 Å². The molecule has 1 aromatic carbocycles. The average molecular weight is 1130 g/mol. The third kappa shape index (κ3) is 18.7. The van der Waals surface area contributed by atoms with E-state index in [4.69, 9.17) is 17.2 Å². The minimum Gasteiger partial charge on any atom is -0.480 e. The number of nitrogens with two attached hydrogens (primary N) is 3. The average Bonchev–Trinajstić information content (AvgIpc) is 4.35. The summed E-state index contributed by atoms with van der Waals surface area (Å²) in [6, 6.07) is -2.97. The highest BCUT2D eigenvalue weighted by atomic mass is 16.4. The Morgan fingerprint density at radius 2 is 1.21 bits per heavy atom. The van der Waals surface area contributed by atoms with Crippen molar-refractivity contribution in [2.24, 2.45) is 28.1 Å². The summed E-state index contributed by atoms with van der Waals surface area (Å²) in [7, 11) is 0. The van der Waals surface area contributed by atoms with Crippen molar-refractivity contribution in [2.75, 3.05) is 32.8 Å². The maximum atomic E-state index is 14.2. The first-order valence-corrected chi connectivity index (χ1v) is 28.0. The third-order valence-electron chi connectivity index (χ3n) is 14.7. The Hall–Kier alpha value is -7.68. The smallest absolute Gasteiger partial charge is 0.326 e. The monoisotopic (exact) mass is 1130 g/mol. The van der Waals surface area contributed by atoms with Crippen LogP contribution >= 0.6 is 0 Å². The minimum absolute atomic E-state index is 0.0289. The quantitative estimate of drug-likeness (QED) is 0.0224. The maximum Gasteiger partial charge on any atom is 0.326 e. The Morgan fingerprint density at radius 3 is 1.78 bits per heavy atom. The van der Waals surface area contributed by atoms with Gasteiger partial charge in [0.05, 0.1) is 19.0 Å². The fourth-order valence-corrected chi connectivity index (χ4v) is 10.4. The Morgan fingerprint density at radius 1 is 0.667 bits per heavy atom. The molecule has 0 bridgehead atoms. The Balaban J connectivity index is 1.27. The van der Waals surface area contributed by atoms with E-state index in [0.29, 0.717) is 49.9 Å². The fraction of sp³-hybridized carbons (Fsp3) is 0.630. The van der Waals surface area contributed by atoms with Crippen LogP contribution in [0.15, 0.2) is 47.8 Å². The SMILES string of the molecule is CCCC[C@H](N)C(=O)N1CCC[C@H]1C(=O)N[C@@H](CC(C)C)C(=O)N[C@@H](Cc1cnc[nH]1)C(=O)N[C@@H](CO)C(=O)N[C@@H](CCCN=C(N)N)C(=O)N[C@@H](C)C(=O)N1CCC[C@H]1C(=O)N[C@@H](Cc1ccccc1)C(=O)N1CCC[C@H]1C(=O)O. The van der Waals surface area contributed by atoms with E-state index in [9.17, 15) is 58.2 Å². The standard InChI is InChI=1S/C54H83N15O12/c1-5-6-16-35(55)51(78)68-23-12-19-42(68)48(75)64-37(25-31(2)3)45(72)63-38(27-34-28-58-30-60-34)46(73)66-40(29-70)47(74)62-36(17-10-21-59-54(56)57)44(71)61-32(4)50(77)67-22-11-18-41(67)49(76)65-39(26-33-14-8-7-9-15-33)52(79)69-24-13-20-43(69)53(80)81/h7-9,14-15,28,30-32,35-43,70H,5-6,10-13,16-27,29,55H2,1-4H3,(H,58,60)(H,61,71)(H,62,74)(H,63,72)(H,64,75)(H,65,76)(H,66,73)(H,80,81)(H4,56,57,59)/t32-,35-,36-,37-,38-,39-,40-,41-,42-,43-/m0/s1. The first kappa shape index (κ1) is 64.1. The zero-order valence-corrected chi connectivity index (χ0v) is 46.8. The van der Waals surface area contributed by atoms with Crippen molar-refractivity contribution in [3.63, 3.8) is 0 Å². The third-order valence-corrected chi connectivity index (χ3v) is 14.7. The van der Waals surface area contributed by atoms with Gasteiger partial charge in [-0.2, -0.15) is 0 Å². The van der Waals surface area contributed by atoms with Crippen LogP contribution in [0.5, 0.6) is 0 Å². The summed E-state index contributed by atoms with van der Waals surface area (Å²) < 4.78 is 0. The number of aliphatic imine (C=N–C) groups is 1. The molecule has 3 aliphatic heterocycles. The number of guanidine groups is 1. The summed E-state index contributed by atoms with van der Waals surface area (Å²) >= 11 is 0. The first-order chi connectivity index (χ1) is 38.6. The largest absolute Gasteiger partial charge is 0.480 e. The number of unbranched alkanes of at least 4 members (excludes halogenated alkanes) is 1. The number of H-pyrrole nitrogens is 1. The van der Waals surface area contributed by atoms with E-state index >= 15 is 0 Å². The summed E-state index contributed by atoms with van der Waals surface area (Å²) in [5.74, 6) is -7.80. The number of benzene rings is 1. The van der Waals surface area contributed by atoms with Crippen molar-refractivity contribution in [1.82, 2.24) is 56.6 Å². The Labute approximate surface area is 471 Å². The molecular weight excluding hydrogens is 1050 g/mol. The van der Waals surface area contributed by atoms with Gasteiger partial charge in [0.1, 0.15) is 54.4 Å².